The van der Waals surface area contributed by atoms with E-state index in [-0.39, 0.29) is 5.57 Å². The SMILES string of the molecule is C=C(C)C(=O)O.CCCC1CCC(=O)CC1. The van der Waals surface area contributed by atoms with Crippen molar-refractivity contribution in [3.05, 3.63) is 12.2 Å². The van der Waals surface area contributed by atoms with Crippen molar-refractivity contribution in [2.45, 2.75) is 52.4 Å². The zero-order chi connectivity index (χ0) is 12.6. The Balaban J connectivity index is 0.000000325. The second-order valence-corrected chi connectivity index (χ2v) is 4.36. The largest absolute Gasteiger partial charge is 0.478 e. The highest BCUT2D eigenvalue weighted by atomic mass is 16.4. The van der Waals surface area contributed by atoms with Crippen molar-refractivity contribution in [3.63, 3.8) is 0 Å². The van der Waals surface area contributed by atoms with Gasteiger partial charge in [-0.3, -0.25) is 4.79 Å². The summed E-state index contributed by atoms with van der Waals surface area (Å²) in [5, 5.41) is 7.89. The van der Waals surface area contributed by atoms with Crippen LogP contribution in [0, 0.1) is 5.92 Å². The zero-order valence-electron chi connectivity index (χ0n) is 10.3. The summed E-state index contributed by atoms with van der Waals surface area (Å²) in [7, 11) is 0. The maximum atomic E-state index is 10.8. The van der Waals surface area contributed by atoms with Gasteiger partial charge in [0.15, 0.2) is 0 Å². The Labute approximate surface area is 97.5 Å². The van der Waals surface area contributed by atoms with Crippen LogP contribution in [0.3, 0.4) is 0 Å². The predicted molar refractivity (Wildman–Crippen MR) is 64.3 cm³/mol. The van der Waals surface area contributed by atoms with E-state index in [1.165, 1.54) is 19.8 Å². The Kier molecular flexibility index (Phi) is 7.52. The number of hydrogen-bond acceptors (Lipinski definition) is 2. The molecule has 1 aliphatic carbocycles. The molecular formula is C13H22O3. The molecule has 0 spiro atoms. The van der Waals surface area contributed by atoms with Gasteiger partial charge in [0.1, 0.15) is 5.78 Å². The minimum Gasteiger partial charge on any atom is -0.478 e. The van der Waals surface area contributed by atoms with Gasteiger partial charge in [-0.25, -0.2) is 4.79 Å². The molecule has 0 unspecified atom stereocenters. The van der Waals surface area contributed by atoms with Crippen LogP contribution in [0.15, 0.2) is 12.2 Å². The van der Waals surface area contributed by atoms with Gasteiger partial charge in [0.05, 0.1) is 0 Å². The first-order valence-electron chi connectivity index (χ1n) is 5.87. The third kappa shape index (κ3) is 7.21. The first-order chi connectivity index (χ1) is 7.47. The summed E-state index contributed by atoms with van der Waals surface area (Å²) in [6, 6.07) is 0. The molecule has 0 saturated heterocycles. The Morgan fingerprint density at radius 3 is 2.19 bits per heavy atom. The third-order valence-corrected chi connectivity index (χ3v) is 2.72. The highest BCUT2D eigenvalue weighted by molar-refractivity contribution is 5.84. The van der Waals surface area contributed by atoms with Gasteiger partial charge in [0.25, 0.3) is 0 Å². The van der Waals surface area contributed by atoms with Crippen LogP contribution in [0.1, 0.15) is 52.4 Å². The van der Waals surface area contributed by atoms with Crippen molar-refractivity contribution in [1.29, 1.82) is 0 Å². The average Bonchev–Trinajstić information content (AvgIpc) is 2.22. The number of carbonyl (C=O) groups excluding carboxylic acids is 1. The van der Waals surface area contributed by atoms with E-state index in [4.69, 9.17) is 5.11 Å². The molecule has 16 heavy (non-hydrogen) atoms. The standard InChI is InChI=1S/C9H16O.C4H6O2/c1-2-3-8-4-6-9(10)7-5-8;1-3(2)4(5)6/h8H,2-7H2,1H3;1H2,2H3,(H,5,6). The number of carboxylic acid groups (broad SMARTS) is 1. The second-order valence-electron chi connectivity index (χ2n) is 4.36. The lowest BCUT2D eigenvalue weighted by Gasteiger charge is -2.19. The number of carboxylic acids is 1. The van der Waals surface area contributed by atoms with Crippen LogP contribution >= 0.6 is 0 Å². The molecule has 0 heterocycles. The summed E-state index contributed by atoms with van der Waals surface area (Å²) in [5.74, 6) is 0.407. The summed E-state index contributed by atoms with van der Waals surface area (Å²) in [6.07, 6.45) is 6.63. The maximum absolute atomic E-state index is 10.8. The summed E-state index contributed by atoms with van der Waals surface area (Å²) < 4.78 is 0. The van der Waals surface area contributed by atoms with Crippen LogP contribution in [0.2, 0.25) is 0 Å². The van der Waals surface area contributed by atoms with Crippen molar-refractivity contribution in [2.24, 2.45) is 5.92 Å². The Morgan fingerprint density at radius 2 is 1.88 bits per heavy atom. The van der Waals surface area contributed by atoms with Crippen LogP contribution in [0.5, 0.6) is 0 Å². The van der Waals surface area contributed by atoms with E-state index < -0.39 is 5.97 Å². The third-order valence-electron chi connectivity index (χ3n) is 2.72. The molecule has 1 fully saturated rings. The fraction of sp³-hybridized carbons (Fsp3) is 0.692. The minimum absolute atomic E-state index is 0.176. The predicted octanol–water partition coefficient (Wildman–Crippen LogP) is 3.19. The van der Waals surface area contributed by atoms with Crippen molar-refractivity contribution < 1.29 is 14.7 Å². The fourth-order valence-electron chi connectivity index (χ4n) is 1.70. The molecule has 3 nitrogen and oxygen atoms in total. The summed E-state index contributed by atoms with van der Waals surface area (Å²) in [5.41, 5.74) is 0.176. The van der Waals surface area contributed by atoms with E-state index in [1.54, 1.807) is 0 Å². The lowest BCUT2D eigenvalue weighted by Crippen LogP contribution is -2.13. The van der Waals surface area contributed by atoms with Crippen molar-refractivity contribution in [2.75, 3.05) is 0 Å². The molecular weight excluding hydrogens is 204 g/mol. The summed E-state index contributed by atoms with van der Waals surface area (Å²) >= 11 is 0. The van der Waals surface area contributed by atoms with Gasteiger partial charge in [-0.2, -0.15) is 0 Å². The van der Waals surface area contributed by atoms with Gasteiger partial charge in [-0.1, -0.05) is 26.3 Å². The summed E-state index contributed by atoms with van der Waals surface area (Å²) in [6.45, 7) is 6.82. The Hall–Kier alpha value is -1.12. The minimum atomic E-state index is -0.935. The lowest BCUT2D eigenvalue weighted by molar-refractivity contribution is -0.132. The molecule has 3 heteroatoms. The van der Waals surface area contributed by atoms with Crippen molar-refractivity contribution in [3.8, 4) is 0 Å². The van der Waals surface area contributed by atoms with Crippen LogP contribution in [0.4, 0.5) is 0 Å². The summed E-state index contributed by atoms with van der Waals surface area (Å²) in [4.78, 5) is 20.4. The normalized spacial score (nSPS) is 16.2. The highest BCUT2D eigenvalue weighted by Gasteiger charge is 2.16. The average molecular weight is 226 g/mol. The lowest BCUT2D eigenvalue weighted by atomic mass is 9.86. The topological polar surface area (TPSA) is 54.4 Å². The molecule has 92 valence electrons. The van der Waals surface area contributed by atoms with Gasteiger partial charge in [-0.15, -0.1) is 0 Å². The molecule has 0 aromatic carbocycles. The van der Waals surface area contributed by atoms with E-state index in [2.05, 4.69) is 13.5 Å². The van der Waals surface area contributed by atoms with Crippen molar-refractivity contribution in [1.82, 2.24) is 0 Å². The van der Waals surface area contributed by atoms with E-state index in [9.17, 15) is 9.59 Å². The van der Waals surface area contributed by atoms with Crippen molar-refractivity contribution >= 4 is 11.8 Å². The quantitative estimate of drug-likeness (QED) is 0.752. The van der Waals surface area contributed by atoms with Crippen LogP contribution < -0.4 is 0 Å². The highest BCUT2D eigenvalue weighted by Crippen LogP contribution is 2.24. The number of carbonyl (C=O) groups is 2. The molecule has 1 aliphatic rings. The second kappa shape index (κ2) is 8.08. The molecule has 0 atom stereocenters. The first kappa shape index (κ1) is 14.9. The van der Waals surface area contributed by atoms with Gasteiger partial charge >= 0.3 is 5.97 Å². The van der Waals surface area contributed by atoms with Gasteiger partial charge in [0.2, 0.25) is 0 Å². The smallest absolute Gasteiger partial charge is 0.330 e. The molecule has 0 bridgehead atoms. The Bertz CT molecular complexity index is 234. The van der Waals surface area contributed by atoms with Gasteiger partial charge in [0, 0.05) is 18.4 Å². The molecule has 0 aromatic rings. The molecule has 1 N–H and O–H groups in total. The van der Waals surface area contributed by atoms with Crippen LogP contribution in [-0.2, 0) is 9.59 Å². The molecule has 1 saturated carbocycles. The number of Topliss-reactive ketones (excluding diaryl/α,β-unsaturated/α-hetero) is 1. The molecule has 0 radical (unpaired) electrons. The number of ketones is 1. The monoisotopic (exact) mass is 226 g/mol. The van der Waals surface area contributed by atoms with Gasteiger partial charge in [-0.05, 0) is 25.7 Å². The molecule has 0 aliphatic heterocycles. The van der Waals surface area contributed by atoms with E-state index in [0.29, 0.717) is 5.78 Å². The molecule has 1 rings (SSSR count). The van der Waals surface area contributed by atoms with E-state index in [1.807, 2.05) is 0 Å². The van der Waals surface area contributed by atoms with E-state index >= 15 is 0 Å². The fourth-order valence-corrected chi connectivity index (χ4v) is 1.70. The maximum Gasteiger partial charge on any atom is 0.330 e. The molecule has 0 amide bonds. The first-order valence-corrected chi connectivity index (χ1v) is 5.87. The van der Waals surface area contributed by atoms with Gasteiger partial charge < -0.3 is 5.11 Å². The number of rotatable bonds is 3. The van der Waals surface area contributed by atoms with Crippen LogP contribution in [0.25, 0.3) is 0 Å². The van der Waals surface area contributed by atoms with E-state index in [0.717, 1.165) is 31.6 Å². The molecule has 0 aromatic heterocycles. The number of hydrogen-bond donors (Lipinski definition) is 1. The Morgan fingerprint density at radius 1 is 1.44 bits per heavy atom. The zero-order valence-corrected chi connectivity index (χ0v) is 10.3. The van der Waals surface area contributed by atoms with Crippen LogP contribution in [-0.4, -0.2) is 16.9 Å². The number of aliphatic carboxylic acids is 1.